The molecule has 0 spiro atoms. The number of pyridine rings is 2. The molecule has 4 heterocycles. The van der Waals surface area contributed by atoms with Crippen molar-refractivity contribution in [3.8, 4) is 17.1 Å². The van der Waals surface area contributed by atoms with Crippen LogP contribution in [0.15, 0.2) is 73.0 Å². The molecule has 0 amide bonds. The summed E-state index contributed by atoms with van der Waals surface area (Å²) < 4.78 is 2.10. The van der Waals surface area contributed by atoms with Gasteiger partial charge in [-0.3, -0.25) is 15.3 Å². The quantitative estimate of drug-likeness (QED) is 0.406. The van der Waals surface area contributed by atoms with E-state index in [9.17, 15) is 0 Å². The fraction of sp³-hybridized carbons (Fsp3) is 0.276. The van der Waals surface area contributed by atoms with Crippen molar-refractivity contribution in [2.75, 3.05) is 31.9 Å². The Balaban J connectivity index is 1.41. The van der Waals surface area contributed by atoms with Crippen LogP contribution in [0.1, 0.15) is 24.6 Å². The normalized spacial score (nSPS) is 18.9. The van der Waals surface area contributed by atoms with Crippen molar-refractivity contribution in [2.24, 2.45) is 11.8 Å². The number of aromatic nitrogens is 4. The minimum absolute atomic E-state index is 0.446. The van der Waals surface area contributed by atoms with E-state index in [4.69, 9.17) is 21.5 Å². The lowest BCUT2D eigenvalue weighted by molar-refractivity contribution is 0.128. The monoisotopic (exact) mass is 492 g/mol. The van der Waals surface area contributed by atoms with E-state index >= 15 is 0 Å². The summed E-state index contributed by atoms with van der Waals surface area (Å²) in [4.78, 5) is 16.8. The van der Waals surface area contributed by atoms with Gasteiger partial charge in [-0.15, -0.1) is 0 Å². The highest BCUT2D eigenvalue weighted by Gasteiger charge is 2.20. The van der Waals surface area contributed by atoms with Crippen molar-refractivity contribution >= 4 is 22.6 Å². The third-order valence-electron chi connectivity index (χ3n) is 7.20. The van der Waals surface area contributed by atoms with Crippen LogP contribution in [0.2, 0.25) is 0 Å². The number of fused-ring (bicyclic) bond motifs is 1. The lowest BCUT2D eigenvalue weighted by Crippen LogP contribution is -2.48. The van der Waals surface area contributed by atoms with Crippen molar-refractivity contribution in [2.45, 2.75) is 19.9 Å². The van der Waals surface area contributed by atoms with Crippen LogP contribution in [0.3, 0.4) is 0 Å². The van der Waals surface area contributed by atoms with Gasteiger partial charge in [0.05, 0.1) is 11.3 Å². The van der Waals surface area contributed by atoms with Crippen molar-refractivity contribution < 1.29 is 0 Å². The van der Waals surface area contributed by atoms with Crippen LogP contribution in [0, 0.1) is 5.92 Å². The van der Waals surface area contributed by atoms with Gasteiger partial charge in [-0.05, 0) is 59.9 Å². The van der Waals surface area contributed by atoms with Gasteiger partial charge in [0.25, 0.3) is 0 Å². The van der Waals surface area contributed by atoms with Crippen molar-refractivity contribution in [3.63, 3.8) is 0 Å². The molecule has 1 aliphatic heterocycles. The van der Waals surface area contributed by atoms with Crippen LogP contribution in [-0.4, -0.2) is 55.6 Å². The molecule has 0 bridgehead atoms. The zero-order valence-corrected chi connectivity index (χ0v) is 21.1. The maximum atomic E-state index is 6.30. The van der Waals surface area contributed by atoms with Gasteiger partial charge in [-0.1, -0.05) is 37.3 Å². The third-order valence-corrected chi connectivity index (χ3v) is 7.20. The van der Waals surface area contributed by atoms with E-state index in [0.29, 0.717) is 11.7 Å². The second kappa shape index (κ2) is 9.89. The molecule has 0 saturated carbocycles. The molecule has 4 aromatic rings. The van der Waals surface area contributed by atoms with E-state index in [2.05, 4.69) is 63.9 Å². The molecule has 1 aliphatic carbocycles. The highest BCUT2D eigenvalue weighted by molar-refractivity contribution is 5.85. The minimum atomic E-state index is 0.446. The molecule has 1 atom stereocenters. The number of hydrogen-bond acceptors (Lipinski definition) is 7. The molecule has 1 aromatic carbocycles. The molecule has 37 heavy (non-hydrogen) atoms. The highest BCUT2D eigenvalue weighted by atomic mass is 15.4. The Labute approximate surface area is 216 Å². The largest absolute Gasteiger partial charge is 0.383 e. The van der Waals surface area contributed by atoms with E-state index in [1.807, 2.05) is 29.3 Å². The number of nitrogens with two attached hydrogens (primary N) is 2. The number of nitrogen functional groups attached to an aromatic ring is 1. The maximum Gasteiger partial charge on any atom is 0.165 e. The van der Waals surface area contributed by atoms with Crippen molar-refractivity contribution in [3.05, 3.63) is 84.2 Å². The third kappa shape index (κ3) is 4.79. The number of piperazine rings is 1. The first-order chi connectivity index (χ1) is 18.0. The van der Waals surface area contributed by atoms with Crippen LogP contribution >= 0.6 is 0 Å². The Hall–Kier alpha value is -3.85. The highest BCUT2D eigenvalue weighted by Crippen LogP contribution is 2.32. The molecule has 1 fully saturated rings. The van der Waals surface area contributed by atoms with Gasteiger partial charge < -0.3 is 5.73 Å². The standard InChI is InChI=1S/C29H32N8/c1-20-4-8-22(9-5-20)25-12-13-26-29(33-25)37(28(34-26)24-3-2-14-32-27(24)30)23-10-6-21(7-11-23)19-35-15-17-36(31)18-16-35/h2-4,6-14,20H,5,15-19,31H2,1H3,(H2,30,32). The van der Waals surface area contributed by atoms with E-state index in [1.165, 1.54) is 5.56 Å². The average molecular weight is 493 g/mol. The van der Waals surface area contributed by atoms with Crippen LogP contribution in [0.25, 0.3) is 33.8 Å². The fourth-order valence-corrected chi connectivity index (χ4v) is 5.00. The number of nitrogens with zero attached hydrogens (tertiary/aromatic N) is 6. The first-order valence-corrected chi connectivity index (χ1v) is 12.9. The molecule has 2 aliphatic rings. The summed E-state index contributed by atoms with van der Waals surface area (Å²) in [5, 5.41) is 1.89. The number of hydrazine groups is 1. The number of anilines is 1. The molecular weight excluding hydrogens is 460 g/mol. The van der Waals surface area contributed by atoms with Crippen molar-refractivity contribution in [1.29, 1.82) is 0 Å². The van der Waals surface area contributed by atoms with Gasteiger partial charge in [0.15, 0.2) is 11.5 Å². The summed E-state index contributed by atoms with van der Waals surface area (Å²) in [6.07, 6.45) is 9.39. The summed E-state index contributed by atoms with van der Waals surface area (Å²) in [6.45, 7) is 6.88. The molecule has 8 heteroatoms. The van der Waals surface area contributed by atoms with E-state index in [1.54, 1.807) is 6.20 Å². The molecule has 188 valence electrons. The van der Waals surface area contributed by atoms with Gasteiger partial charge in [-0.2, -0.15) is 0 Å². The zero-order valence-electron chi connectivity index (χ0n) is 21.1. The van der Waals surface area contributed by atoms with E-state index in [0.717, 1.165) is 78.7 Å². The van der Waals surface area contributed by atoms with E-state index < -0.39 is 0 Å². The smallest absolute Gasteiger partial charge is 0.165 e. The summed E-state index contributed by atoms with van der Waals surface area (Å²) in [6, 6.07) is 16.6. The molecular formula is C29H32N8. The Morgan fingerprint density at radius 3 is 2.51 bits per heavy atom. The topological polar surface area (TPSA) is 102 Å². The van der Waals surface area contributed by atoms with Crippen LogP contribution in [0.5, 0.6) is 0 Å². The number of allylic oxidation sites excluding steroid dienone is 4. The summed E-state index contributed by atoms with van der Waals surface area (Å²) in [7, 11) is 0. The summed E-state index contributed by atoms with van der Waals surface area (Å²) in [5.74, 6) is 7.65. The average Bonchev–Trinajstić information content (AvgIpc) is 3.30. The van der Waals surface area contributed by atoms with Crippen LogP contribution in [0.4, 0.5) is 5.82 Å². The van der Waals surface area contributed by atoms with Gasteiger partial charge in [0.1, 0.15) is 11.3 Å². The van der Waals surface area contributed by atoms with Gasteiger partial charge in [-0.25, -0.2) is 20.0 Å². The number of imidazole rings is 1. The first kappa shape index (κ1) is 23.5. The number of hydrogen-bond donors (Lipinski definition) is 2. The second-order valence-electron chi connectivity index (χ2n) is 9.96. The molecule has 0 radical (unpaired) electrons. The molecule has 1 unspecified atom stereocenters. The van der Waals surface area contributed by atoms with Gasteiger partial charge >= 0.3 is 0 Å². The Bertz CT molecular complexity index is 1480. The molecule has 8 nitrogen and oxygen atoms in total. The Kier molecular flexibility index (Phi) is 6.30. The Morgan fingerprint density at radius 1 is 0.973 bits per heavy atom. The lowest BCUT2D eigenvalue weighted by Gasteiger charge is -2.31. The molecule has 6 rings (SSSR count). The summed E-state index contributed by atoms with van der Waals surface area (Å²) >= 11 is 0. The van der Waals surface area contributed by atoms with Crippen LogP contribution < -0.4 is 11.6 Å². The summed E-state index contributed by atoms with van der Waals surface area (Å²) in [5.41, 5.74) is 13.0. The lowest BCUT2D eigenvalue weighted by atomic mass is 9.97. The predicted octanol–water partition coefficient (Wildman–Crippen LogP) is 4.04. The SMILES string of the molecule is CC1C=CC(c2ccc3nc(-c4cccnc4N)n(-c4ccc(CN5CCN(N)CC5)cc4)c3n2)=CC1. The molecule has 4 N–H and O–H groups in total. The first-order valence-electron chi connectivity index (χ1n) is 12.9. The maximum absolute atomic E-state index is 6.30. The van der Waals surface area contributed by atoms with Gasteiger partial charge in [0, 0.05) is 44.6 Å². The molecule has 1 saturated heterocycles. The number of rotatable bonds is 5. The Morgan fingerprint density at radius 2 is 1.78 bits per heavy atom. The molecule has 3 aromatic heterocycles. The number of benzene rings is 1. The fourth-order valence-electron chi connectivity index (χ4n) is 5.00. The predicted molar refractivity (Wildman–Crippen MR) is 148 cm³/mol. The second-order valence-corrected chi connectivity index (χ2v) is 9.96. The van der Waals surface area contributed by atoms with Crippen molar-refractivity contribution in [1.82, 2.24) is 29.4 Å². The zero-order chi connectivity index (χ0) is 25.4. The van der Waals surface area contributed by atoms with E-state index in [-0.39, 0.29) is 0 Å². The van der Waals surface area contributed by atoms with Crippen LogP contribution in [-0.2, 0) is 6.54 Å². The van der Waals surface area contributed by atoms with Gasteiger partial charge in [0.2, 0.25) is 0 Å². The minimum Gasteiger partial charge on any atom is -0.383 e.